The molecule has 0 amide bonds. The van der Waals surface area contributed by atoms with Crippen LogP contribution in [0.4, 0.5) is 0 Å². The van der Waals surface area contributed by atoms with E-state index in [1.54, 1.807) is 25.1 Å². The molecule has 100 valence electrons. The van der Waals surface area contributed by atoms with Gasteiger partial charge in [0.25, 0.3) is 5.56 Å². The maximum absolute atomic E-state index is 12.6. The number of hydrogen-bond donors (Lipinski definition) is 2. The SMILES string of the molecule is C[C@H](N)c1nc2cccc(Cl)c2c(=O)n1C1CC1O. The molecule has 0 radical (unpaired) electrons. The van der Waals surface area contributed by atoms with Crippen LogP contribution in [0.15, 0.2) is 23.0 Å². The van der Waals surface area contributed by atoms with Gasteiger partial charge in [0.05, 0.1) is 34.1 Å². The summed E-state index contributed by atoms with van der Waals surface area (Å²) in [7, 11) is 0. The molecule has 19 heavy (non-hydrogen) atoms. The van der Waals surface area contributed by atoms with Gasteiger partial charge < -0.3 is 10.8 Å². The van der Waals surface area contributed by atoms with E-state index in [1.807, 2.05) is 0 Å². The van der Waals surface area contributed by atoms with Crippen LogP contribution in [0.1, 0.15) is 31.3 Å². The Morgan fingerprint density at radius 3 is 2.84 bits per heavy atom. The van der Waals surface area contributed by atoms with Crippen molar-refractivity contribution >= 4 is 22.5 Å². The Morgan fingerprint density at radius 2 is 2.26 bits per heavy atom. The number of rotatable bonds is 2. The minimum absolute atomic E-state index is 0.232. The molecule has 5 nitrogen and oxygen atoms in total. The van der Waals surface area contributed by atoms with E-state index in [4.69, 9.17) is 17.3 Å². The van der Waals surface area contributed by atoms with Crippen molar-refractivity contribution in [3.63, 3.8) is 0 Å². The lowest BCUT2D eigenvalue weighted by Crippen LogP contribution is -2.29. The second-order valence-corrected chi connectivity index (χ2v) is 5.35. The summed E-state index contributed by atoms with van der Waals surface area (Å²) < 4.78 is 1.49. The Morgan fingerprint density at radius 1 is 1.58 bits per heavy atom. The number of halogens is 1. The predicted octanol–water partition coefficient (Wildman–Crippen LogP) is 1.38. The van der Waals surface area contributed by atoms with E-state index in [-0.39, 0.29) is 17.6 Å². The highest BCUT2D eigenvalue weighted by Crippen LogP contribution is 2.36. The van der Waals surface area contributed by atoms with Crippen molar-refractivity contribution in [2.45, 2.75) is 31.5 Å². The highest BCUT2D eigenvalue weighted by molar-refractivity contribution is 6.35. The van der Waals surface area contributed by atoms with Gasteiger partial charge in [0.2, 0.25) is 0 Å². The molecule has 1 aliphatic rings. The van der Waals surface area contributed by atoms with Crippen molar-refractivity contribution in [1.29, 1.82) is 0 Å². The standard InChI is InChI=1S/C13H14ClN3O2/c1-6(15)12-16-8-4-2-3-7(14)11(8)13(19)17(12)9-5-10(9)18/h2-4,6,9-10,18H,5,15H2,1H3/t6-,9?,10?/m0/s1. The Bertz CT molecular complexity index is 711. The molecule has 3 N–H and O–H groups in total. The average Bonchev–Trinajstić information content (AvgIpc) is 3.05. The first kappa shape index (κ1) is 12.6. The molecule has 1 saturated carbocycles. The van der Waals surface area contributed by atoms with E-state index in [2.05, 4.69) is 4.98 Å². The van der Waals surface area contributed by atoms with Gasteiger partial charge in [-0.1, -0.05) is 17.7 Å². The van der Waals surface area contributed by atoms with Crippen LogP contribution >= 0.6 is 11.6 Å². The quantitative estimate of drug-likeness (QED) is 0.870. The number of nitrogens with two attached hydrogens (primary N) is 1. The number of aromatic nitrogens is 2. The van der Waals surface area contributed by atoms with Crippen LogP contribution in [0.3, 0.4) is 0 Å². The highest BCUT2D eigenvalue weighted by Gasteiger charge is 2.40. The molecule has 6 heteroatoms. The van der Waals surface area contributed by atoms with Crippen molar-refractivity contribution < 1.29 is 5.11 Å². The number of aliphatic hydroxyl groups excluding tert-OH is 1. The molecule has 1 fully saturated rings. The van der Waals surface area contributed by atoms with E-state index >= 15 is 0 Å². The normalized spacial score (nSPS) is 23.6. The van der Waals surface area contributed by atoms with Gasteiger partial charge >= 0.3 is 0 Å². The topological polar surface area (TPSA) is 81.1 Å². The van der Waals surface area contributed by atoms with E-state index in [9.17, 15) is 9.90 Å². The molecule has 0 saturated heterocycles. The maximum Gasteiger partial charge on any atom is 0.263 e. The van der Waals surface area contributed by atoms with Crippen LogP contribution in [0.25, 0.3) is 10.9 Å². The lowest BCUT2D eigenvalue weighted by Gasteiger charge is -2.15. The van der Waals surface area contributed by atoms with E-state index in [1.165, 1.54) is 4.57 Å². The van der Waals surface area contributed by atoms with Gasteiger partial charge in [0, 0.05) is 0 Å². The third kappa shape index (κ3) is 1.94. The average molecular weight is 280 g/mol. The molecule has 1 heterocycles. The molecule has 2 unspecified atom stereocenters. The van der Waals surface area contributed by atoms with Crippen molar-refractivity contribution in [3.05, 3.63) is 39.4 Å². The Hall–Kier alpha value is -1.43. The second-order valence-electron chi connectivity index (χ2n) is 4.94. The van der Waals surface area contributed by atoms with Gasteiger partial charge in [0.1, 0.15) is 5.82 Å². The fourth-order valence-corrected chi connectivity index (χ4v) is 2.56. The molecule has 1 aromatic carbocycles. The van der Waals surface area contributed by atoms with Crippen molar-refractivity contribution in [1.82, 2.24) is 9.55 Å². The highest BCUT2D eigenvalue weighted by atomic mass is 35.5. The van der Waals surface area contributed by atoms with Crippen LogP contribution < -0.4 is 11.3 Å². The zero-order valence-corrected chi connectivity index (χ0v) is 11.1. The molecular formula is C13H14ClN3O2. The summed E-state index contributed by atoms with van der Waals surface area (Å²) in [6.45, 7) is 1.77. The molecule has 3 atom stereocenters. The van der Waals surface area contributed by atoms with Gasteiger partial charge in [-0.2, -0.15) is 0 Å². The summed E-state index contributed by atoms with van der Waals surface area (Å²) in [4.78, 5) is 17.0. The number of fused-ring (bicyclic) bond motifs is 1. The van der Waals surface area contributed by atoms with Gasteiger partial charge in [-0.05, 0) is 25.5 Å². The predicted molar refractivity (Wildman–Crippen MR) is 73.3 cm³/mol. The summed E-state index contributed by atoms with van der Waals surface area (Å²) >= 11 is 6.08. The van der Waals surface area contributed by atoms with Crippen LogP contribution in [-0.2, 0) is 0 Å². The van der Waals surface area contributed by atoms with Crippen LogP contribution in [0.2, 0.25) is 5.02 Å². The Balaban J connectivity index is 2.38. The molecule has 0 bridgehead atoms. The number of nitrogens with zero attached hydrogens (tertiary/aromatic N) is 2. The minimum atomic E-state index is -0.503. The van der Waals surface area contributed by atoms with Gasteiger partial charge in [-0.15, -0.1) is 0 Å². The van der Waals surface area contributed by atoms with Crippen molar-refractivity contribution in [2.24, 2.45) is 5.73 Å². The third-order valence-electron chi connectivity index (χ3n) is 3.37. The zero-order chi connectivity index (χ0) is 13.7. The molecule has 0 spiro atoms. The second kappa shape index (κ2) is 4.30. The number of hydrogen-bond acceptors (Lipinski definition) is 4. The van der Waals surface area contributed by atoms with Crippen molar-refractivity contribution in [3.8, 4) is 0 Å². The fourth-order valence-electron chi connectivity index (χ4n) is 2.31. The van der Waals surface area contributed by atoms with Gasteiger partial charge in [-0.3, -0.25) is 9.36 Å². The van der Waals surface area contributed by atoms with E-state index in [0.717, 1.165) is 0 Å². The molecule has 1 aromatic heterocycles. The first-order valence-corrected chi connectivity index (χ1v) is 6.53. The summed E-state index contributed by atoms with van der Waals surface area (Å²) in [6.07, 6.45) is 0.0500. The molecule has 1 aliphatic carbocycles. The molecule has 0 aliphatic heterocycles. The monoisotopic (exact) mass is 279 g/mol. The number of benzene rings is 1. The molecular weight excluding hydrogens is 266 g/mol. The zero-order valence-electron chi connectivity index (χ0n) is 10.4. The van der Waals surface area contributed by atoms with Gasteiger partial charge in [-0.25, -0.2) is 4.98 Å². The first-order chi connectivity index (χ1) is 9.00. The van der Waals surface area contributed by atoms with E-state index in [0.29, 0.717) is 28.2 Å². The fraction of sp³-hybridized carbons (Fsp3) is 0.385. The Kier molecular flexibility index (Phi) is 2.85. The van der Waals surface area contributed by atoms with Crippen LogP contribution in [0, 0.1) is 0 Å². The summed E-state index contributed by atoms with van der Waals surface area (Å²) in [5.74, 6) is 0.487. The summed E-state index contributed by atoms with van der Waals surface area (Å²) in [5, 5.41) is 10.3. The molecule has 3 rings (SSSR count). The van der Waals surface area contributed by atoms with E-state index < -0.39 is 6.10 Å². The maximum atomic E-state index is 12.6. The molecule has 2 aromatic rings. The lowest BCUT2D eigenvalue weighted by atomic mass is 10.2. The van der Waals surface area contributed by atoms with Crippen LogP contribution in [-0.4, -0.2) is 20.8 Å². The summed E-state index contributed by atoms with van der Waals surface area (Å²) in [5.41, 5.74) is 6.19. The van der Waals surface area contributed by atoms with Crippen molar-refractivity contribution in [2.75, 3.05) is 0 Å². The number of aliphatic hydroxyl groups is 1. The first-order valence-electron chi connectivity index (χ1n) is 6.15. The smallest absolute Gasteiger partial charge is 0.263 e. The minimum Gasteiger partial charge on any atom is -0.391 e. The third-order valence-corrected chi connectivity index (χ3v) is 3.68. The van der Waals surface area contributed by atoms with Crippen LogP contribution in [0.5, 0.6) is 0 Å². The van der Waals surface area contributed by atoms with Gasteiger partial charge in [0.15, 0.2) is 0 Å². The summed E-state index contributed by atoms with van der Waals surface area (Å²) in [6, 6.07) is 4.53. The Labute approximate surface area is 114 Å². The lowest BCUT2D eigenvalue weighted by molar-refractivity contribution is 0.257. The largest absolute Gasteiger partial charge is 0.391 e.